The van der Waals surface area contributed by atoms with Crippen molar-refractivity contribution < 1.29 is 19.3 Å². The second kappa shape index (κ2) is 13.7. The van der Waals surface area contributed by atoms with E-state index in [0.717, 1.165) is 44.9 Å². The van der Waals surface area contributed by atoms with Crippen LogP contribution in [0, 0.1) is 0 Å². The Balaban J connectivity index is 1.55. The Bertz CT molecular complexity index is 1270. The van der Waals surface area contributed by atoms with Gasteiger partial charge in [-0.3, -0.25) is 0 Å². The summed E-state index contributed by atoms with van der Waals surface area (Å²) in [5.41, 5.74) is 6.28. The fourth-order valence-electron chi connectivity index (χ4n) is 4.15. The van der Waals surface area contributed by atoms with Crippen LogP contribution in [0.4, 0.5) is 0 Å². The molecule has 0 aliphatic carbocycles. The Morgan fingerprint density at radius 3 is 1.89 bits per heavy atom. The zero-order chi connectivity index (χ0) is 25.9. The second-order valence-corrected chi connectivity index (χ2v) is 8.91. The fraction of sp³-hybridized carbons (Fsp3) is 0.188. The van der Waals surface area contributed by atoms with Crippen LogP contribution in [0.25, 0.3) is 11.1 Å². The SMILES string of the molecule is COc1ccc(C(=C(CCO)c2ccc(Cl)cc2)c2ccc(OCCOCc3ccccc3)cc2)cc1. The minimum atomic E-state index is 0.0296. The van der Waals surface area contributed by atoms with Gasteiger partial charge in [-0.15, -0.1) is 0 Å². The van der Waals surface area contributed by atoms with Crippen molar-refractivity contribution in [2.45, 2.75) is 13.0 Å². The zero-order valence-electron chi connectivity index (χ0n) is 20.9. The number of rotatable bonds is 12. The number of methoxy groups -OCH3 is 1. The van der Waals surface area contributed by atoms with Gasteiger partial charge < -0.3 is 19.3 Å². The first-order chi connectivity index (χ1) is 18.2. The first kappa shape index (κ1) is 26.5. The molecule has 4 nitrogen and oxygen atoms in total. The van der Waals surface area contributed by atoms with Crippen LogP contribution >= 0.6 is 11.6 Å². The third-order valence-corrected chi connectivity index (χ3v) is 6.24. The lowest BCUT2D eigenvalue weighted by molar-refractivity contribution is 0.0889. The van der Waals surface area contributed by atoms with Crippen LogP contribution in [0.15, 0.2) is 103 Å². The lowest BCUT2D eigenvalue weighted by atomic mass is 9.88. The first-order valence-electron chi connectivity index (χ1n) is 12.3. The highest BCUT2D eigenvalue weighted by Gasteiger charge is 2.15. The normalized spacial score (nSPS) is 11.6. The van der Waals surface area contributed by atoms with Crippen LogP contribution in [0.2, 0.25) is 5.02 Å². The predicted octanol–water partition coefficient (Wildman–Crippen LogP) is 7.29. The number of hydrogen-bond acceptors (Lipinski definition) is 4. The molecule has 4 rings (SSSR count). The topological polar surface area (TPSA) is 47.9 Å². The highest BCUT2D eigenvalue weighted by atomic mass is 35.5. The zero-order valence-corrected chi connectivity index (χ0v) is 21.7. The van der Waals surface area contributed by atoms with E-state index in [0.29, 0.717) is 31.3 Å². The molecule has 4 aromatic rings. The highest BCUT2D eigenvalue weighted by Crippen LogP contribution is 2.36. The standard InChI is InChI=1S/C32H31ClO4/c1-35-29-15-9-26(10-16-29)32(31(19-20-34)25-7-13-28(33)14-8-25)27-11-17-30(18-12-27)37-22-21-36-23-24-5-3-2-4-6-24/h2-18,34H,19-23H2,1H3. The van der Waals surface area contributed by atoms with Gasteiger partial charge in [0.15, 0.2) is 0 Å². The van der Waals surface area contributed by atoms with Crippen molar-refractivity contribution in [1.29, 1.82) is 0 Å². The molecule has 0 aliphatic heterocycles. The van der Waals surface area contributed by atoms with E-state index in [1.807, 2.05) is 103 Å². The molecule has 1 N–H and O–H groups in total. The average Bonchev–Trinajstić information content (AvgIpc) is 2.95. The maximum atomic E-state index is 9.92. The monoisotopic (exact) mass is 514 g/mol. The molecule has 0 fully saturated rings. The van der Waals surface area contributed by atoms with E-state index in [2.05, 4.69) is 0 Å². The quantitative estimate of drug-likeness (QED) is 0.159. The summed E-state index contributed by atoms with van der Waals surface area (Å²) in [5.74, 6) is 1.56. The molecule has 0 saturated heterocycles. The van der Waals surface area contributed by atoms with Gasteiger partial charge in [0, 0.05) is 11.6 Å². The van der Waals surface area contributed by atoms with Crippen molar-refractivity contribution in [3.05, 3.63) is 130 Å². The molecule has 0 amide bonds. The van der Waals surface area contributed by atoms with Gasteiger partial charge in [-0.25, -0.2) is 0 Å². The van der Waals surface area contributed by atoms with Gasteiger partial charge in [-0.1, -0.05) is 78.3 Å². The van der Waals surface area contributed by atoms with Crippen LogP contribution in [0.1, 0.15) is 28.7 Å². The molecular weight excluding hydrogens is 484 g/mol. The smallest absolute Gasteiger partial charge is 0.119 e. The molecule has 0 radical (unpaired) electrons. The second-order valence-electron chi connectivity index (χ2n) is 8.47. The summed E-state index contributed by atoms with van der Waals surface area (Å²) in [4.78, 5) is 0. The molecule has 37 heavy (non-hydrogen) atoms. The highest BCUT2D eigenvalue weighted by molar-refractivity contribution is 6.30. The van der Waals surface area contributed by atoms with Gasteiger partial charge in [-0.05, 0) is 76.2 Å². The largest absolute Gasteiger partial charge is 0.497 e. The summed E-state index contributed by atoms with van der Waals surface area (Å²) in [7, 11) is 1.65. The Kier molecular flexibility index (Phi) is 9.78. The van der Waals surface area contributed by atoms with Crippen LogP contribution < -0.4 is 9.47 Å². The molecule has 190 valence electrons. The summed E-state index contributed by atoms with van der Waals surface area (Å²) in [5, 5.41) is 10.6. The fourth-order valence-corrected chi connectivity index (χ4v) is 4.28. The summed E-state index contributed by atoms with van der Waals surface area (Å²) in [6.07, 6.45) is 0.500. The van der Waals surface area contributed by atoms with Gasteiger partial charge in [0.05, 0.1) is 20.3 Å². The van der Waals surface area contributed by atoms with E-state index in [1.165, 1.54) is 0 Å². The summed E-state index contributed by atoms with van der Waals surface area (Å²) in [6.45, 7) is 1.57. The van der Waals surface area contributed by atoms with Crippen molar-refractivity contribution in [2.24, 2.45) is 0 Å². The molecule has 0 spiro atoms. The minimum Gasteiger partial charge on any atom is -0.497 e. The van der Waals surface area contributed by atoms with E-state index < -0.39 is 0 Å². The van der Waals surface area contributed by atoms with E-state index >= 15 is 0 Å². The average molecular weight is 515 g/mol. The van der Waals surface area contributed by atoms with Gasteiger partial charge in [-0.2, -0.15) is 0 Å². The Hall–Kier alpha value is -3.57. The predicted molar refractivity (Wildman–Crippen MR) is 150 cm³/mol. The Morgan fingerprint density at radius 2 is 1.30 bits per heavy atom. The van der Waals surface area contributed by atoms with Crippen molar-refractivity contribution in [3.63, 3.8) is 0 Å². The number of halogens is 1. The molecule has 0 aliphatic rings. The van der Waals surface area contributed by atoms with Gasteiger partial charge in [0.25, 0.3) is 0 Å². The first-order valence-corrected chi connectivity index (χ1v) is 12.6. The third kappa shape index (κ3) is 7.46. The summed E-state index contributed by atoms with van der Waals surface area (Å²) >= 11 is 6.15. The number of aliphatic hydroxyl groups excluding tert-OH is 1. The lowest BCUT2D eigenvalue weighted by Gasteiger charge is -2.18. The van der Waals surface area contributed by atoms with Crippen LogP contribution in [-0.2, 0) is 11.3 Å². The molecule has 0 aromatic heterocycles. The van der Waals surface area contributed by atoms with E-state index in [9.17, 15) is 5.11 Å². The molecule has 0 heterocycles. The van der Waals surface area contributed by atoms with Crippen LogP contribution in [0.3, 0.4) is 0 Å². The minimum absolute atomic E-state index is 0.0296. The maximum absolute atomic E-state index is 9.92. The molecular formula is C32H31ClO4. The lowest BCUT2D eigenvalue weighted by Crippen LogP contribution is -2.06. The molecule has 0 atom stereocenters. The molecule has 0 saturated carbocycles. The number of hydrogen-bond donors (Lipinski definition) is 1. The molecule has 0 bridgehead atoms. The Morgan fingerprint density at radius 1 is 0.703 bits per heavy atom. The van der Waals surface area contributed by atoms with Gasteiger partial charge >= 0.3 is 0 Å². The van der Waals surface area contributed by atoms with Crippen molar-refractivity contribution in [2.75, 3.05) is 26.9 Å². The maximum Gasteiger partial charge on any atom is 0.119 e. The van der Waals surface area contributed by atoms with E-state index in [-0.39, 0.29) is 6.61 Å². The van der Waals surface area contributed by atoms with Crippen molar-refractivity contribution >= 4 is 22.7 Å². The van der Waals surface area contributed by atoms with Gasteiger partial charge in [0.2, 0.25) is 0 Å². The van der Waals surface area contributed by atoms with Crippen LogP contribution in [-0.4, -0.2) is 32.0 Å². The molecule has 5 heteroatoms. The summed E-state index contributed by atoms with van der Waals surface area (Å²) in [6, 6.07) is 33.8. The molecule has 4 aromatic carbocycles. The summed E-state index contributed by atoms with van der Waals surface area (Å²) < 4.78 is 17.0. The van der Waals surface area contributed by atoms with E-state index in [4.69, 9.17) is 25.8 Å². The number of benzene rings is 4. The van der Waals surface area contributed by atoms with E-state index in [1.54, 1.807) is 7.11 Å². The third-order valence-electron chi connectivity index (χ3n) is 5.99. The Labute approximate surface area is 223 Å². The van der Waals surface area contributed by atoms with Gasteiger partial charge in [0.1, 0.15) is 18.1 Å². The van der Waals surface area contributed by atoms with Crippen LogP contribution in [0.5, 0.6) is 11.5 Å². The number of ether oxygens (including phenoxy) is 3. The van der Waals surface area contributed by atoms with Crippen molar-refractivity contribution in [3.8, 4) is 11.5 Å². The molecule has 0 unspecified atom stereocenters. The van der Waals surface area contributed by atoms with Crippen molar-refractivity contribution in [1.82, 2.24) is 0 Å². The number of aliphatic hydroxyl groups is 1.